The number of carbonyl (C=O) groups excluding carboxylic acids is 2. The highest BCUT2D eigenvalue weighted by atomic mass is 16.4. The minimum atomic E-state index is -0.896. The van der Waals surface area contributed by atoms with Gasteiger partial charge in [0.1, 0.15) is 0 Å². The van der Waals surface area contributed by atoms with Crippen LogP contribution in [0.2, 0.25) is 0 Å². The predicted molar refractivity (Wildman–Crippen MR) is 111 cm³/mol. The molecule has 3 rings (SSSR count). The molecule has 6 nitrogen and oxygen atoms in total. The van der Waals surface area contributed by atoms with Gasteiger partial charge in [-0.15, -0.1) is 0 Å². The van der Waals surface area contributed by atoms with E-state index in [9.17, 15) is 14.4 Å². The topological polar surface area (TPSA) is 95.5 Å². The molecule has 154 valence electrons. The van der Waals surface area contributed by atoms with Crippen LogP contribution in [0.15, 0.2) is 42.5 Å². The molecule has 2 amide bonds. The van der Waals surface area contributed by atoms with E-state index in [-0.39, 0.29) is 24.7 Å². The molecular weight excluding hydrogens is 368 g/mol. The molecule has 0 saturated carbocycles. The number of amides is 2. The van der Waals surface area contributed by atoms with Crippen molar-refractivity contribution >= 4 is 28.6 Å². The molecule has 1 atom stereocenters. The molecular formula is C23H28N2O4. The predicted octanol–water partition coefficient (Wildman–Crippen LogP) is 3.48. The summed E-state index contributed by atoms with van der Waals surface area (Å²) < 4.78 is 0. The Bertz CT molecular complexity index is 932. The van der Waals surface area contributed by atoms with Crippen LogP contribution in [0.5, 0.6) is 0 Å². The van der Waals surface area contributed by atoms with Gasteiger partial charge in [0.2, 0.25) is 11.8 Å². The van der Waals surface area contributed by atoms with Crippen LogP contribution in [-0.4, -0.2) is 28.4 Å². The zero-order chi connectivity index (χ0) is 21.1. The number of carboxylic acids is 1. The highest BCUT2D eigenvalue weighted by Gasteiger charge is 2.38. The summed E-state index contributed by atoms with van der Waals surface area (Å²) in [7, 11) is 0. The van der Waals surface area contributed by atoms with Crippen molar-refractivity contribution in [3.63, 3.8) is 0 Å². The van der Waals surface area contributed by atoms with Gasteiger partial charge in [-0.05, 0) is 49.4 Å². The fourth-order valence-corrected chi connectivity index (χ4v) is 4.22. The third-order valence-corrected chi connectivity index (χ3v) is 5.80. The second kappa shape index (κ2) is 8.23. The Morgan fingerprint density at radius 1 is 1.10 bits per heavy atom. The van der Waals surface area contributed by atoms with Crippen LogP contribution in [0.25, 0.3) is 10.8 Å². The van der Waals surface area contributed by atoms with Gasteiger partial charge in [-0.25, -0.2) is 0 Å². The zero-order valence-corrected chi connectivity index (χ0v) is 17.0. The molecule has 0 aromatic heterocycles. The Balaban J connectivity index is 1.68. The van der Waals surface area contributed by atoms with Crippen molar-refractivity contribution in [2.24, 2.45) is 0 Å². The second-order valence-electron chi connectivity index (χ2n) is 8.42. The monoisotopic (exact) mass is 396 g/mol. The number of rotatable bonds is 8. The minimum Gasteiger partial charge on any atom is -0.481 e. The maximum absolute atomic E-state index is 12.7. The van der Waals surface area contributed by atoms with Gasteiger partial charge in [0, 0.05) is 24.8 Å². The second-order valence-corrected chi connectivity index (χ2v) is 8.42. The first kappa shape index (κ1) is 20.8. The van der Waals surface area contributed by atoms with Gasteiger partial charge in [-0.2, -0.15) is 0 Å². The van der Waals surface area contributed by atoms with Crippen LogP contribution >= 0.6 is 0 Å². The summed E-state index contributed by atoms with van der Waals surface area (Å²) in [5, 5.41) is 17.3. The first-order chi connectivity index (χ1) is 13.7. The largest absolute Gasteiger partial charge is 0.481 e. The molecule has 2 aromatic carbocycles. The van der Waals surface area contributed by atoms with Crippen molar-refractivity contribution < 1.29 is 19.5 Å². The molecule has 1 aliphatic rings. The van der Waals surface area contributed by atoms with E-state index in [1.165, 1.54) is 0 Å². The van der Waals surface area contributed by atoms with Crippen LogP contribution in [0, 0.1) is 0 Å². The van der Waals surface area contributed by atoms with Crippen LogP contribution < -0.4 is 10.6 Å². The molecule has 0 spiro atoms. The quantitative estimate of drug-likeness (QED) is 0.636. The van der Waals surface area contributed by atoms with E-state index in [2.05, 4.69) is 10.6 Å². The average Bonchev–Trinajstić information content (AvgIpc) is 3.05. The molecule has 0 radical (unpaired) electrons. The molecule has 1 fully saturated rings. The number of hydrogen-bond acceptors (Lipinski definition) is 3. The lowest BCUT2D eigenvalue weighted by Crippen LogP contribution is -2.45. The third kappa shape index (κ3) is 4.94. The SMILES string of the molecule is CC(C)(NC(=O)CCC1(CCC(=O)O)CCC(=O)N1)c1cccc2ccccc12. The van der Waals surface area contributed by atoms with E-state index < -0.39 is 17.0 Å². The van der Waals surface area contributed by atoms with E-state index in [4.69, 9.17) is 5.11 Å². The highest BCUT2D eigenvalue weighted by Crippen LogP contribution is 2.31. The van der Waals surface area contributed by atoms with Crippen molar-refractivity contribution in [1.29, 1.82) is 0 Å². The van der Waals surface area contributed by atoms with Crippen LogP contribution in [0.1, 0.15) is 57.9 Å². The summed E-state index contributed by atoms with van der Waals surface area (Å²) in [5.41, 5.74) is -0.125. The van der Waals surface area contributed by atoms with E-state index >= 15 is 0 Å². The molecule has 0 aliphatic carbocycles. The van der Waals surface area contributed by atoms with Gasteiger partial charge < -0.3 is 15.7 Å². The van der Waals surface area contributed by atoms with Gasteiger partial charge in [-0.1, -0.05) is 42.5 Å². The van der Waals surface area contributed by atoms with E-state index in [1.807, 2.05) is 56.3 Å². The number of nitrogens with one attached hydrogen (secondary N) is 2. The Labute approximate surface area is 170 Å². The summed E-state index contributed by atoms with van der Waals surface area (Å²) in [5.74, 6) is -1.09. The molecule has 29 heavy (non-hydrogen) atoms. The first-order valence-electron chi connectivity index (χ1n) is 10.0. The summed E-state index contributed by atoms with van der Waals surface area (Å²) in [6.07, 6.45) is 1.93. The van der Waals surface area contributed by atoms with E-state index in [1.54, 1.807) is 0 Å². The number of hydrogen-bond donors (Lipinski definition) is 3. The highest BCUT2D eigenvalue weighted by molar-refractivity contribution is 5.87. The summed E-state index contributed by atoms with van der Waals surface area (Å²) in [4.78, 5) is 35.5. The standard InChI is InChI=1S/C23H28N2O4/c1-22(2,18-9-5-7-16-6-3-4-8-17(16)18)24-19(26)10-13-23(15-12-21(28)29)14-11-20(27)25-23/h3-9H,10-15H2,1-2H3,(H,24,26)(H,25,27)(H,28,29). The molecule has 1 heterocycles. The van der Waals surface area contributed by atoms with Gasteiger partial charge in [0.05, 0.1) is 5.54 Å². The molecule has 1 aliphatic heterocycles. The van der Waals surface area contributed by atoms with Crippen LogP contribution in [0.3, 0.4) is 0 Å². The third-order valence-electron chi connectivity index (χ3n) is 5.80. The number of aliphatic carboxylic acids is 1. The van der Waals surface area contributed by atoms with Gasteiger partial charge in [0.25, 0.3) is 0 Å². The average molecular weight is 396 g/mol. The fourth-order valence-electron chi connectivity index (χ4n) is 4.22. The van der Waals surface area contributed by atoms with Crippen molar-refractivity contribution in [3.8, 4) is 0 Å². The summed E-state index contributed by atoms with van der Waals surface area (Å²) in [6, 6.07) is 14.1. The lowest BCUT2D eigenvalue weighted by Gasteiger charge is -2.31. The summed E-state index contributed by atoms with van der Waals surface area (Å²) in [6.45, 7) is 3.95. The fraction of sp³-hybridized carbons (Fsp3) is 0.435. The lowest BCUT2D eigenvalue weighted by atomic mass is 9.86. The van der Waals surface area contributed by atoms with Crippen molar-refractivity contribution in [2.75, 3.05) is 0 Å². The zero-order valence-electron chi connectivity index (χ0n) is 17.0. The Kier molecular flexibility index (Phi) is 5.91. The number of carbonyl (C=O) groups is 3. The Morgan fingerprint density at radius 3 is 2.48 bits per heavy atom. The first-order valence-corrected chi connectivity index (χ1v) is 10.0. The Hall–Kier alpha value is -2.89. The maximum Gasteiger partial charge on any atom is 0.303 e. The molecule has 2 aromatic rings. The van der Waals surface area contributed by atoms with Crippen LogP contribution in [0.4, 0.5) is 0 Å². The molecule has 1 saturated heterocycles. The number of benzene rings is 2. The molecule has 6 heteroatoms. The van der Waals surface area contributed by atoms with Crippen molar-refractivity contribution in [1.82, 2.24) is 10.6 Å². The van der Waals surface area contributed by atoms with Crippen LogP contribution in [-0.2, 0) is 19.9 Å². The van der Waals surface area contributed by atoms with Gasteiger partial charge in [-0.3, -0.25) is 14.4 Å². The van der Waals surface area contributed by atoms with E-state index in [0.29, 0.717) is 25.7 Å². The summed E-state index contributed by atoms with van der Waals surface area (Å²) >= 11 is 0. The van der Waals surface area contributed by atoms with E-state index in [0.717, 1.165) is 16.3 Å². The Morgan fingerprint density at radius 2 is 1.79 bits per heavy atom. The number of fused-ring (bicyclic) bond motifs is 1. The minimum absolute atomic E-state index is 0.0244. The normalized spacial score (nSPS) is 19.2. The van der Waals surface area contributed by atoms with Gasteiger partial charge in [0.15, 0.2) is 0 Å². The molecule has 3 N–H and O–H groups in total. The van der Waals surface area contributed by atoms with Crippen molar-refractivity contribution in [2.45, 2.75) is 63.5 Å². The van der Waals surface area contributed by atoms with Gasteiger partial charge >= 0.3 is 5.97 Å². The number of carboxylic acid groups (broad SMARTS) is 1. The molecule has 1 unspecified atom stereocenters. The van der Waals surface area contributed by atoms with Crippen molar-refractivity contribution in [3.05, 3.63) is 48.0 Å². The smallest absolute Gasteiger partial charge is 0.303 e. The molecule has 0 bridgehead atoms. The maximum atomic E-state index is 12.7. The lowest BCUT2D eigenvalue weighted by molar-refractivity contribution is -0.137.